The number of imidazole rings is 1. The van der Waals surface area contributed by atoms with Crippen molar-refractivity contribution < 1.29 is 4.74 Å². The van der Waals surface area contributed by atoms with Gasteiger partial charge in [0.2, 0.25) is 0 Å². The Morgan fingerprint density at radius 1 is 1.60 bits per heavy atom. The van der Waals surface area contributed by atoms with Gasteiger partial charge >= 0.3 is 0 Å². The zero-order chi connectivity index (χ0) is 10.7. The summed E-state index contributed by atoms with van der Waals surface area (Å²) in [4.78, 5) is 7.70. The molecule has 0 amide bonds. The Kier molecular flexibility index (Phi) is 3.07. The molecule has 3 N–H and O–H groups in total. The van der Waals surface area contributed by atoms with Crippen molar-refractivity contribution in [3.8, 4) is 0 Å². The lowest BCUT2D eigenvalue weighted by Crippen LogP contribution is -2.31. The van der Waals surface area contributed by atoms with E-state index in [4.69, 9.17) is 10.5 Å². The van der Waals surface area contributed by atoms with E-state index >= 15 is 0 Å². The molecular formula is C11H19N3O. The van der Waals surface area contributed by atoms with Gasteiger partial charge in [-0.1, -0.05) is 0 Å². The van der Waals surface area contributed by atoms with E-state index in [1.807, 2.05) is 6.20 Å². The Balaban J connectivity index is 2.12. The van der Waals surface area contributed by atoms with Gasteiger partial charge in [-0.15, -0.1) is 0 Å². The topological polar surface area (TPSA) is 63.9 Å². The average Bonchev–Trinajstić information content (AvgIpc) is 2.69. The average molecular weight is 209 g/mol. The van der Waals surface area contributed by atoms with Gasteiger partial charge < -0.3 is 15.5 Å². The van der Waals surface area contributed by atoms with Gasteiger partial charge in [0.1, 0.15) is 11.4 Å². The third-order valence-electron chi connectivity index (χ3n) is 3.01. The minimum atomic E-state index is -0.217. The van der Waals surface area contributed by atoms with Crippen molar-refractivity contribution in [2.75, 3.05) is 13.2 Å². The summed E-state index contributed by atoms with van der Waals surface area (Å²) < 4.78 is 5.82. The Bertz CT molecular complexity index is 315. The number of hydrogen-bond acceptors (Lipinski definition) is 3. The SMILES string of the molecule is CC1(c2ncc(CCN)[nH]2)CCCCO1. The number of rotatable bonds is 3. The molecule has 0 spiro atoms. The summed E-state index contributed by atoms with van der Waals surface area (Å²) in [6.45, 7) is 3.60. The molecule has 0 aromatic carbocycles. The summed E-state index contributed by atoms with van der Waals surface area (Å²) in [6.07, 6.45) is 6.13. The predicted octanol–water partition coefficient (Wildman–Crippen LogP) is 1.33. The van der Waals surface area contributed by atoms with E-state index in [-0.39, 0.29) is 5.60 Å². The van der Waals surface area contributed by atoms with Crippen molar-refractivity contribution in [2.45, 2.75) is 38.2 Å². The third kappa shape index (κ3) is 2.21. The van der Waals surface area contributed by atoms with Crippen LogP contribution < -0.4 is 5.73 Å². The van der Waals surface area contributed by atoms with Gasteiger partial charge in [0.15, 0.2) is 0 Å². The summed E-state index contributed by atoms with van der Waals surface area (Å²) in [7, 11) is 0. The molecule has 0 radical (unpaired) electrons. The van der Waals surface area contributed by atoms with Crippen LogP contribution in [0.15, 0.2) is 6.20 Å². The van der Waals surface area contributed by atoms with Gasteiger partial charge in [-0.25, -0.2) is 4.98 Å². The molecule has 1 aliphatic heterocycles. The molecule has 2 heterocycles. The van der Waals surface area contributed by atoms with Gasteiger partial charge in [-0.2, -0.15) is 0 Å². The molecular weight excluding hydrogens is 190 g/mol. The van der Waals surface area contributed by atoms with Gasteiger partial charge in [-0.05, 0) is 32.7 Å². The van der Waals surface area contributed by atoms with E-state index in [1.54, 1.807) is 0 Å². The van der Waals surface area contributed by atoms with E-state index in [0.29, 0.717) is 6.54 Å². The van der Waals surface area contributed by atoms with Crippen LogP contribution in [-0.2, 0) is 16.8 Å². The van der Waals surface area contributed by atoms with Crippen LogP contribution >= 0.6 is 0 Å². The Labute approximate surface area is 90.2 Å². The number of hydrogen-bond donors (Lipinski definition) is 2. The second-order valence-electron chi connectivity index (χ2n) is 4.33. The second kappa shape index (κ2) is 4.33. The largest absolute Gasteiger partial charge is 0.367 e. The number of aromatic amines is 1. The fourth-order valence-corrected chi connectivity index (χ4v) is 2.03. The van der Waals surface area contributed by atoms with Crippen LogP contribution in [0.5, 0.6) is 0 Å². The van der Waals surface area contributed by atoms with Crippen molar-refractivity contribution in [3.63, 3.8) is 0 Å². The highest BCUT2D eigenvalue weighted by Crippen LogP contribution is 2.32. The van der Waals surface area contributed by atoms with Crippen LogP contribution in [0.3, 0.4) is 0 Å². The maximum atomic E-state index is 5.82. The molecule has 15 heavy (non-hydrogen) atoms. The van der Waals surface area contributed by atoms with Crippen molar-refractivity contribution in [1.29, 1.82) is 0 Å². The zero-order valence-electron chi connectivity index (χ0n) is 9.25. The number of ether oxygens (including phenoxy) is 1. The lowest BCUT2D eigenvalue weighted by Gasteiger charge is -2.31. The molecule has 1 fully saturated rings. The first kappa shape index (κ1) is 10.6. The Morgan fingerprint density at radius 3 is 3.13 bits per heavy atom. The maximum Gasteiger partial charge on any atom is 0.138 e. The van der Waals surface area contributed by atoms with E-state index in [2.05, 4.69) is 16.9 Å². The third-order valence-corrected chi connectivity index (χ3v) is 3.01. The van der Waals surface area contributed by atoms with Gasteiger partial charge in [-0.3, -0.25) is 0 Å². The second-order valence-corrected chi connectivity index (χ2v) is 4.33. The minimum Gasteiger partial charge on any atom is -0.367 e. The lowest BCUT2D eigenvalue weighted by atomic mass is 9.95. The number of nitrogens with two attached hydrogens (primary N) is 1. The molecule has 4 nitrogen and oxygen atoms in total. The minimum absolute atomic E-state index is 0.217. The standard InChI is InChI=1S/C11H19N3O/c1-11(5-2-3-7-15-11)10-13-8-9(14-10)4-6-12/h8H,2-7,12H2,1H3,(H,13,14). The van der Waals surface area contributed by atoms with Crippen LogP contribution in [0.2, 0.25) is 0 Å². The molecule has 4 heteroatoms. The highest BCUT2D eigenvalue weighted by molar-refractivity contribution is 5.09. The molecule has 0 aliphatic carbocycles. The molecule has 0 saturated carbocycles. The smallest absolute Gasteiger partial charge is 0.138 e. The summed E-state index contributed by atoms with van der Waals surface area (Å²) >= 11 is 0. The Hall–Kier alpha value is -0.870. The quantitative estimate of drug-likeness (QED) is 0.789. The molecule has 2 rings (SSSR count). The summed E-state index contributed by atoms with van der Waals surface area (Å²) in [5, 5.41) is 0. The monoisotopic (exact) mass is 209 g/mol. The molecule has 1 unspecified atom stereocenters. The van der Waals surface area contributed by atoms with Gasteiger partial charge in [0, 0.05) is 24.9 Å². The number of aromatic nitrogens is 2. The zero-order valence-corrected chi connectivity index (χ0v) is 9.25. The van der Waals surface area contributed by atoms with E-state index in [1.165, 1.54) is 6.42 Å². The van der Waals surface area contributed by atoms with E-state index in [0.717, 1.165) is 37.4 Å². The van der Waals surface area contributed by atoms with Crippen molar-refractivity contribution >= 4 is 0 Å². The first-order chi connectivity index (χ1) is 7.24. The summed E-state index contributed by atoms with van der Waals surface area (Å²) in [6, 6.07) is 0. The van der Waals surface area contributed by atoms with Crippen molar-refractivity contribution in [1.82, 2.24) is 9.97 Å². The van der Waals surface area contributed by atoms with Crippen molar-refractivity contribution in [3.05, 3.63) is 17.7 Å². The van der Waals surface area contributed by atoms with Crippen LogP contribution in [0.1, 0.15) is 37.7 Å². The molecule has 1 saturated heterocycles. The van der Waals surface area contributed by atoms with Crippen molar-refractivity contribution in [2.24, 2.45) is 5.73 Å². The lowest BCUT2D eigenvalue weighted by molar-refractivity contribution is -0.0756. The normalized spacial score (nSPS) is 26.8. The fraction of sp³-hybridized carbons (Fsp3) is 0.727. The first-order valence-corrected chi connectivity index (χ1v) is 5.63. The molecule has 0 bridgehead atoms. The van der Waals surface area contributed by atoms with Crippen LogP contribution in [0.25, 0.3) is 0 Å². The highest BCUT2D eigenvalue weighted by atomic mass is 16.5. The van der Waals surface area contributed by atoms with E-state index in [9.17, 15) is 0 Å². The first-order valence-electron chi connectivity index (χ1n) is 5.63. The summed E-state index contributed by atoms with van der Waals surface area (Å²) in [5.74, 6) is 0.950. The molecule has 84 valence electrons. The molecule has 1 aliphatic rings. The molecule has 1 aromatic rings. The fourth-order valence-electron chi connectivity index (χ4n) is 2.03. The molecule has 1 aromatic heterocycles. The summed E-state index contributed by atoms with van der Waals surface area (Å²) in [5.41, 5.74) is 6.38. The maximum absolute atomic E-state index is 5.82. The highest BCUT2D eigenvalue weighted by Gasteiger charge is 2.32. The van der Waals surface area contributed by atoms with Crippen LogP contribution in [0, 0.1) is 0 Å². The number of nitrogens with one attached hydrogen (secondary N) is 1. The van der Waals surface area contributed by atoms with Gasteiger partial charge in [0.05, 0.1) is 0 Å². The van der Waals surface area contributed by atoms with E-state index < -0.39 is 0 Å². The number of nitrogens with zero attached hydrogens (tertiary/aromatic N) is 1. The van der Waals surface area contributed by atoms with Crippen LogP contribution in [0.4, 0.5) is 0 Å². The molecule has 1 atom stereocenters. The van der Waals surface area contributed by atoms with Gasteiger partial charge in [0.25, 0.3) is 0 Å². The van der Waals surface area contributed by atoms with Crippen LogP contribution in [-0.4, -0.2) is 23.1 Å². The number of H-pyrrole nitrogens is 1. The Morgan fingerprint density at radius 2 is 2.47 bits per heavy atom. The predicted molar refractivity (Wildman–Crippen MR) is 58.5 cm³/mol.